The molecule has 1 aromatic carbocycles. The Morgan fingerprint density at radius 2 is 2.37 bits per heavy atom. The van der Waals surface area contributed by atoms with E-state index in [1.807, 2.05) is 31.2 Å². The zero-order chi connectivity index (χ0) is 13.2. The normalized spacial score (nSPS) is 10.5. The summed E-state index contributed by atoms with van der Waals surface area (Å²) in [6.45, 7) is 1.87. The minimum absolute atomic E-state index is 0.638. The summed E-state index contributed by atoms with van der Waals surface area (Å²) in [6, 6.07) is 9.78. The maximum Gasteiger partial charge on any atom is 0.213 e. The second kappa shape index (κ2) is 4.71. The van der Waals surface area contributed by atoms with Crippen LogP contribution in [-0.2, 0) is 0 Å². The van der Waals surface area contributed by atoms with Gasteiger partial charge in [-0.2, -0.15) is 5.26 Å². The van der Waals surface area contributed by atoms with Crippen LogP contribution in [0.3, 0.4) is 0 Å². The number of hydrogen-bond donors (Lipinski definition) is 2. The Morgan fingerprint density at radius 3 is 3.11 bits per heavy atom. The Balaban J connectivity index is 1.89. The molecule has 19 heavy (non-hydrogen) atoms. The van der Waals surface area contributed by atoms with Gasteiger partial charge >= 0.3 is 0 Å². The van der Waals surface area contributed by atoms with Gasteiger partial charge in [-0.05, 0) is 13.0 Å². The smallest absolute Gasteiger partial charge is 0.213 e. The van der Waals surface area contributed by atoms with Crippen molar-refractivity contribution in [2.24, 2.45) is 0 Å². The number of nitrogens with zero attached hydrogens (tertiary/aromatic N) is 2. The van der Waals surface area contributed by atoms with Crippen molar-refractivity contribution in [1.29, 1.82) is 5.26 Å². The lowest BCUT2D eigenvalue weighted by atomic mass is 10.2. The van der Waals surface area contributed by atoms with E-state index in [2.05, 4.69) is 20.9 Å². The fourth-order valence-electron chi connectivity index (χ4n) is 1.83. The van der Waals surface area contributed by atoms with Gasteiger partial charge in [0.1, 0.15) is 6.07 Å². The second-order valence-electron chi connectivity index (χ2n) is 4.03. The first-order chi connectivity index (χ1) is 9.28. The number of aryl methyl sites for hydroxylation is 1. The van der Waals surface area contributed by atoms with Crippen LogP contribution in [0.4, 0.5) is 5.69 Å². The molecule has 0 aliphatic rings. The molecule has 0 atom stereocenters. The van der Waals surface area contributed by atoms with Crippen molar-refractivity contribution >= 4 is 28.5 Å². The van der Waals surface area contributed by atoms with Crippen molar-refractivity contribution in [3.63, 3.8) is 0 Å². The number of aromatic amines is 1. The molecular formula is C13H10N4OS. The van der Waals surface area contributed by atoms with Gasteiger partial charge in [0.05, 0.1) is 22.5 Å². The summed E-state index contributed by atoms with van der Waals surface area (Å²) in [4.78, 5) is 3.10. The van der Waals surface area contributed by atoms with E-state index in [1.165, 1.54) is 11.9 Å². The molecule has 0 saturated carbocycles. The number of nitriles is 1. The van der Waals surface area contributed by atoms with E-state index in [9.17, 15) is 0 Å². The van der Waals surface area contributed by atoms with E-state index in [0.717, 1.165) is 22.3 Å². The molecular weight excluding hydrogens is 260 g/mol. The van der Waals surface area contributed by atoms with E-state index >= 15 is 0 Å². The molecule has 2 aromatic heterocycles. The van der Waals surface area contributed by atoms with E-state index in [1.54, 1.807) is 6.20 Å². The first-order valence-corrected chi connectivity index (χ1v) is 6.46. The van der Waals surface area contributed by atoms with Gasteiger partial charge in [-0.1, -0.05) is 17.3 Å². The van der Waals surface area contributed by atoms with Gasteiger partial charge in [-0.15, -0.1) is 0 Å². The number of nitrogens with one attached hydrogen (secondary N) is 2. The van der Waals surface area contributed by atoms with Crippen molar-refractivity contribution in [2.75, 3.05) is 4.72 Å². The highest BCUT2D eigenvalue weighted by Crippen LogP contribution is 2.29. The SMILES string of the molecule is Cc1cc(SNc2cccc3c(C#N)c[nH]c23)on1. The Bertz CT molecular complexity index is 768. The van der Waals surface area contributed by atoms with E-state index in [4.69, 9.17) is 9.78 Å². The highest BCUT2D eigenvalue weighted by atomic mass is 32.2. The van der Waals surface area contributed by atoms with Crippen LogP contribution in [0.1, 0.15) is 11.3 Å². The molecule has 0 radical (unpaired) electrons. The van der Waals surface area contributed by atoms with Crippen LogP contribution < -0.4 is 4.72 Å². The third-order valence-corrected chi connectivity index (χ3v) is 3.42. The van der Waals surface area contributed by atoms with Gasteiger partial charge in [-0.3, -0.25) is 0 Å². The highest BCUT2D eigenvalue weighted by Gasteiger charge is 2.08. The molecule has 0 unspecified atom stereocenters. The number of hydrogen-bond acceptors (Lipinski definition) is 5. The van der Waals surface area contributed by atoms with Crippen molar-refractivity contribution < 1.29 is 4.52 Å². The summed E-state index contributed by atoms with van der Waals surface area (Å²) >= 11 is 1.34. The maximum atomic E-state index is 9.01. The van der Waals surface area contributed by atoms with Gasteiger partial charge < -0.3 is 14.2 Å². The van der Waals surface area contributed by atoms with Crippen LogP contribution in [-0.4, -0.2) is 10.1 Å². The quantitative estimate of drug-likeness (QED) is 0.713. The van der Waals surface area contributed by atoms with Crippen molar-refractivity contribution in [3.8, 4) is 6.07 Å². The summed E-state index contributed by atoms with van der Waals surface area (Å²) in [5, 5.41) is 14.4. The van der Waals surface area contributed by atoms with Crippen LogP contribution in [0.25, 0.3) is 10.9 Å². The average molecular weight is 270 g/mol. The Hall–Kier alpha value is -2.39. The molecule has 2 heterocycles. The van der Waals surface area contributed by atoms with Crippen LogP contribution in [0, 0.1) is 18.3 Å². The summed E-state index contributed by atoms with van der Waals surface area (Å²) in [5.41, 5.74) is 3.29. The minimum atomic E-state index is 0.638. The number of para-hydroxylation sites is 1. The molecule has 0 bridgehead atoms. The molecule has 0 fully saturated rings. The zero-order valence-electron chi connectivity index (χ0n) is 10.1. The largest absolute Gasteiger partial charge is 0.358 e. The standard InChI is InChI=1S/C13H10N4OS/c1-8-5-12(18-16-8)19-17-11-4-2-3-10-9(6-14)7-15-13(10)11/h2-5,7,15,17H,1H3. The fourth-order valence-corrected chi connectivity index (χ4v) is 2.51. The van der Waals surface area contributed by atoms with Crippen molar-refractivity contribution in [1.82, 2.24) is 10.1 Å². The van der Waals surface area contributed by atoms with Gasteiger partial charge in [0.25, 0.3) is 0 Å². The Labute approximate surface area is 113 Å². The predicted molar refractivity (Wildman–Crippen MR) is 73.7 cm³/mol. The lowest BCUT2D eigenvalue weighted by Crippen LogP contribution is -1.87. The van der Waals surface area contributed by atoms with E-state index in [0.29, 0.717) is 10.7 Å². The van der Waals surface area contributed by atoms with Crippen molar-refractivity contribution in [2.45, 2.75) is 12.0 Å². The first kappa shape index (κ1) is 11.7. The Morgan fingerprint density at radius 1 is 1.47 bits per heavy atom. The molecule has 0 spiro atoms. The van der Waals surface area contributed by atoms with Crippen LogP contribution in [0.15, 0.2) is 40.1 Å². The number of H-pyrrole nitrogens is 1. The predicted octanol–water partition coefficient (Wildman–Crippen LogP) is 3.46. The molecule has 0 aliphatic heterocycles. The lowest BCUT2D eigenvalue weighted by molar-refractivity contribution is 0.347. The van der Waals surface area contributed by atoms with Crippen LogP contribution >= 0.6 is 11.9 Å². The summed E-state index contributed by atoms with van der Waals surface area (Å²) in [5.74, 6) is 0. The van der Waals surface area contributed by atoms with Crippen LogP contribution in [0.2, 0.25) is 0 Å². The number of aromatic nitrogens is 2. The third kappa shape index (κ3) is 2.16. The molecule has 3 rings (SSSR count). The highest BCUT2D eigenvalue weighted by molar-refractivity contribution is 8.00. The fraction of sp³-hybridized carbons (Fsp3) is 0.0769. The molecule has 94 valence electrons. The van der Waals surface area contributed by atoms with Gasteiger partial charge in [0.15, 0.2) is 0 Å². The van der Waals surface area contributed by atoms with E-state index in [-0.39, 0.29) is 0 Å². The molecule has 6 heteroatoms. The molecule has 2 N–H and O–H groups in total. The molecule has 5 nitrogen and oxygen atoms in total. The number of rotatable bonds is 3. The number of fused-ring (bicyclic) bond motifs is 1. The molecule has 0 aliphatic carbocycles. The summed E-state index contributed by atoms with van der Waals surface area (Å²) in [7, 11) is 0. The first-order valence-electron chi connectivity index (χ1n) is 5.64. The summed E-state index contributed by atoms with van der Waals surface area (Å²) in [6.07, 6.45) is 1.71. The van der Waals surface area contributed by atoms with Crippen LogP contribution in [0.5, 0.6) is 0 Å². The third-order valence-electron chi connectivity index (χ3n) is 2.70. The average Bonchev–Trinajstić information content (AvgIpc) is 3.02. The minimum Gasteiger partial charge on any atom is -0.358 e. The molecule has 3 aromatic rings. The number of anilines is 1. The Kier molecular flexibility index (Phi) is 2.89. The molecule has 0 saturated heterocycles. The van der Waals surface area contributed by atoms with Gasteiger partial charge in [0, 0.05) is 29.6 Å². The van der Waals surface area contributed by atoms with E-state index < -0.39 is 0 Å². The van der Waals surface area contributed by atoms with Gasteiger partial charge in [-0.25, -0.2) is 0 Å². The molecule has 0 amide bonds. The monoisotopic (exact) mass is 270 g/mol. The lowest BCUT2D eigenvalue weighted by Gasteiger charge is -2.04. The maximum absolute atomic E-state index is 9.01. The second-order valence-corrected chi connectivity index (χ2v) is 4.84. The van der Waals surface area contributed by atoms with Crippen molar-refractivity contribution in [3.05, 3.63) is 41.7 Å². The van der Waals surface area contributed by atoms with Gasteiger partial charge in [0.2, 0.25) is 5.09 Å². The zero-order valence-corrected chi connectivity index (χ0v) is 10.9. The summed E-state index contributed by atoms with van der Waals surface area (Å²) < 4.78 is 8.31. The topological polar surface area (TPSA) is 77.6 Å². The number of benzene rings is 1.